The molecule has 1 aliphatic heterocycles. The summed E-state index contributed by atoms with van der Waals surface area (Å²) in [4.78, 5) is 14.2. The predicted molar refractivity (Wildman–Crippen MR) is 87.6 cm³/mol. The zero-order valence-corrected chi connectivity index (χ0v) is 12.6. The molecule has 0 aliphatic carbocycles. The van der Waals surface area contributed by atoms with Crippen LogP contribution in [0.2, 0.25) is 0 Å². The Labute approximate surface area is 130 Å². The molecule has 0 bridgehead atoms. The first-order chi connectivity index (χ1) is 10.2. The Morgan fingerprint density at radius 1 is 1.43 bits per heavy atom. The molecule has 112 valence electrons. The number of carbonyl (C=O) groups excluding carboxylic acids is 1. The number of benzene rings is 1. The maximum atomic E-state index is 12.4. The molecule has 2 N–H and O–H groups in total. The highest BCUT2D eigenvalue weighted by Crippen LogP contribution is 2.13. The average Bonchev–Trinajstić information content (AvgIpc) is 2.53. The number of carbonyl (C=O) groups is 1. The van der Waals surface area contributed by atoms with E-state index in [1.165, 1.54) is 0 Å². The van der Waals surface area contributed by atoms with E-state index in [9.17, 15) is 4.79 Å². The third kappa shape index (κ3) is 4.54. The van der Waals surface area contributed by atoms with E-state index >= 15 is 0 Å². The fourth-order valence-electron chi connectivity index (χ4n) is 2.02. The fourth-order valence-corrected chi connectivity index (χ4v) is 2.22. The van der Waals surface area contributed by atoms with Gasteiger partial charge in [0.1, 0.15) is 0 Å². The van der Waals surface area contributed by atoms with E-state index in [1.807, 2.05) is 18.2 Å². The lowest BCUT2D eigenvalue weighted by atomic mass is 10.1. The highest BCUT2D eigenvalue weighted by Gasteiger charge is 2.18. The zero-order chi connectivity index (χ0) is 15.1. The number of hydrogen-bond acceptors (Lipinski definition) is 3. The van der Waals surface area contributed by atoms with Crippen LogP contribution >= 0.6 is 12.2 Å². The van der Waals surface area contributed by atoms with Crippen molar-refractivity contribution in [1.82, 2.24) is 10.2 Å². The van der Waals surface area contributed by atoms with E-state index in [-0.39, 0.29) is 5.91 Å². The number of ether oxygens (including phenoxy) is 1. The van der Waals surface area contributed by atoms with Crippen LogP contribution in [0, 0.1) is 0 Å². The van der Waals surface area contributed by atoms with Gasteiger partial charge in [-0.25, -0.2) is 0 Å². The Morgan fingerprint density at radius 2 is 2.19 bits per heavy atom. The first kappa shape index (κ1) is 15.5. The first-order valence-electron chi connectivity index (χ1n) is 6.83. The number of anilines is 1. The molecule has 0 radical (unpaired) electrons. The summed E-state index contributed by atoms with van der Waals surface area (Å²) in [5, 5.41) is 6.54. The number of rotatable bonds is 4. The van der Waals surface area contributed by atoms with E-state index < -0.39 is 0 Å². The summed E-state index contributed by atoms with van der Waals surface area (Å²) in [6, 6.07) is 7.33. The maximum Gasteiger partial charge on any atom is 0.254 e. The van der Waals surface area contributed by atoms with Gasteiger partial charge in [-0.1, -0.05) is 12.1 Å². The van der Waals surface area contributed by atoms with Crippen LogP contribution in [0.1, 0.15) is 10.4 Å². The van der Waals surface area contributed by atoms with Crippen LogP contribution in [0.15, 0.2) is 36.9 Å². The van der Waals surface area contributed by atoms with Crippen molar-refractivity contribution in [2.24, 2.45) is 0 Å². The second kappa shape index (κ2) is 7.75. The molecule has 0 aromatic heterocycles. The number of amides is 1. The lowest BCUT2D eigenvalue weighted by Crippen LogP contribution is -2.40. The van der Waals surface area contributed by atoms with Crippen LogP contribution < -0.4 is 10.6 Å². The van der Waals surface area contributed by atoms with Gasteiger partial charge >= 0.3 is 0 Å². The van der Waals surface area contributed by atoms with Crippen molar-refractivity contribution in [2.45, 2.75) is 0 Å². The van der Waals surface area contributed by atoms with Gasteiger partial charge in [0.05, 0.1) is 13.2 Å². The highest BCUT2D eigenvalue weighted by atomic mass is 32.1. The van der Waals surface area contributed by atoms with Gasteiger partial charge in [0, 0.05) is 30.9 Å². The maximum absolute atomic E-state index is 12.4. The van der Waals surface area contributed by atoms with Gasteiger partial charge in [0.2, 0.25) is 0 Å². The standard InChI is InChI=1S/C15H19N3O2S/c1-2-6-16-15(21)17-13-5-3-4-12(11-13)14(19)18-7-9-20-10-8-18/h2-5,11H,1,6-10H2,(H2,16,17,21). The minimum absolute atomic E-state index is 0.0203. The molecule has 5 nitrogen and oxygen atoms in total. The molecule has 1 amide bonds. The van der Waals surface area contributed by atoms with Crippen LogP contribution in [0.5, 0.6) is 0 Å². The topological polar surface area (TPSA) is 53.6 Å². The molecule has 2 rings (SSSR count). The van der Waals surface area contributed by atoms with Gasteiger partial charge in [0.15, 0.2) is 5.11 Å². The molecule has 0 atom stereocenters. The molecule has 0 spiro atoms. The molecular weight excluding hydrogens is 286 g/mol. The summed E-state index contributed by atoms with van der Waals surface area (Å²) >= 11 is 5.15. The van der Waals surface area contributed by atoms with E-state index in [2.05, 4.69) is 17.2 Å². The predicted octanol–water partition coefficient (Wildman–Crippen LogP) is 1.63. The molecule has 1 aromatic rings. The first-order valence-corrected chi connectivity index (χ1v) is 7.24. The van der Waals surface area contributed by atoms with Crippen molar-refractivity contribution in [3.63, 3.8) is 0 Å². The Balaban J connectivity index is 2.01. The van der Waals surface area contributed by atoms with Crippen molar-refractivity contribution in [3.8, 4) is 0 Å². The molecule has 1 aromatic carbocycles. The second-order valence-electron chi connectivity index (χ2n) is 4.61. The number of thiocarbonyl (C=S) groups is 1. The van der Waals surface area contributed by atoms with E-state index in [4.69, 9.17) is 17.0 Å². The summed E-state index contributed by atoms with van der Waals surface area (Å²) < 4.78 is 5.26. The van der Waals surface area contributed by atoms with Gasteiger partial charge in [-0.05, 0) is 30.4 Å². The zero-order valence-electron chi connectivity index (χ0n) is 11.8. The number of morpholine rings is 1. The molecular formula is C15H19N3O2S. The Bertz CT molecular complexity index is 527. The van der Waals surface area contributed by atoms with Crippen molar-refractivity contribution in [1.29, 1.82) is 0 Å². The largest absolute Gasteiger partial charge is 0.378 e. The summed E-state index contributed by atoms with van der Waals surface area (Å²) in [6.07, 6.45) is 1.73. The molecule has 0 unspecified atom stereocenters. The lowest BCUT2D eigenvalue weighted by Gasteiger charge is -2.27. The Kier molecular flexibility index (Phi) is 5.71. The third-order valence-electron chi connectivity index (χ3n) is 3.07. The minimum atomic E-state index is 0.0203. The quantitative estimate of drug-likeness (QED) is 0.654. The van der Waals surface area contributed by atoms with E-state index in [0.717, 1.165) is 5.69 Å². The smallest absolute Gasteiger partial charge is 0.254 e. The second-order valence-corrected chi connectivity index (χ2v) is 5.02. The molecule has 1 saturated heterocycles. The molecule has 1 fully saturated rings. The Hall–Kier alpha value is -1.92. The normalized spacial score (nSPS) is 14.4. The Morgan fingerprint density at radius 3 is 2.90 bits per heavy atom. The minimum Gasteiger partial charge on any atom is -0.378 e. The third-order valence-corrected chi connectivity index (χ3v) is 3.32. The summed E-state index contributed by atoms with van der Waals surface area (Å²) in [6.45, 7) is 6.68. The van der Waals surface area contributed by atoms with Gasteiger partial charge in [-0.15, -0.1) is 6.58 Å². The van der Waals surface area contributed by atoms with Crippen LogP contribution in [0.4, 0.5) is 5.69 Å². The van der Waals surface area contributed by atoms with Crippen LogP contribution in [-0.4, -0.2) is 48.8 Å². The molecule has 1 aliphatic rings. The van der Waals surface area contributed by atoms with Crippen LogP contribution in [0.25, 0.3) is 0 Å². The average molecular weight is 305 g/mol. The van der Waals surface area contributed by atoms with Gasteiger partial charge < -0.3 is 20.3 Å². The van der Waals surface area contributed by atoms with Crippen LogP contribution in [0.3, 0.4) is 0 Å². The van der Waals surface area contributed by atoms with E-state index in [1.54, 1.807) is 17.0 Å². The number of hydrogen-bond donors (Lipinski definition) is 2. The summed E-state index contributed by atoms with van der Waals surface area (Å²) in [5.74, 6) is 0.0203. The van der Waals surface area contributed by atoms with Crippen molar-refractivity contribution >= 4 is 28.9 Å². The van der Waals surface area contributed by atoms with Crippen molar-refractivity contribution in [2.75, 3.05) is 38.2 Å². The fraction of sp³-hybridized carbons (Fsp3) is 0.333. The number of nitrogens with zero attached hydrogens (tertiary/aromatic N) is 1. The van der Waals surface area contributed by atoms with Crippen LogP contribution in [-0.2, 0) is 4.74 Å². The highest BCUT2D eigenvalue weighted by molar-refractivity contribution is 7.80. The monoisotopic (exact) mass is 305 g/mol. The van der Waals surface area contributed by atoms with Crippen molar-refractivity contribution < 1.29 is 9.53 Å². The number of nitrogens with one attached hydrogen (secondary N) is 2. The van der Waals surface area contributed by atoms with E-state index in [0.29, 0.717) is 43.5 Å². The van der Waals surface area contributed by atoms with Gasteiger partial charge in [-0.2, -0.15) is 0 Å². The molecule has 6 heteroatoms. The van der Waals surface area contributed by atoms with Crippen molar-refractivity contribution in [3.05, 3.63) is 42.5 Å². The molecule has 0 saturated carbocycles. The molecule has 1 heterocycles. The van der Waals surface area contributed by atoms with Gasteiger partial charge in [-0.3, -0.25) is 4.79 Å². The molecule has 21 heavy (non-hydrogen) atoms. The summed E-state index contributed by atoms with van der Waals surface area (Å²) in [7, 11) is 0. The van der Waals surface area contributed by atoms with Gasteiger partial charge in [0.25, 0.3) is 5.91 Å². The SMILES string of the molecule is C=CCNC(=S)Nc1cccc(C(=O)N2CCOCC2)c1. The summed E-state index contributed by atoms with van der Waals surface area (Å²) in [5.41, 5.74) is 1.43. The lowest BCUT2D eigenvalue weighted by molar-refractivity contribution is 0.0303.